The van der Waals surface area contributed by atoms with E-state index in [1.54, 1.807) is 11.3 Å². The summed E-state index contributed by atoms with van der Waals surface area (Å²) in [7, 11) is 0. The molecule has 2 rings (SSSR count). The second-order valence-corrected chi connectivity index (χ2v) is 6.21. The lowest BCUT2D eigenvalue weighted by molar-refractivity contribution is 0.265. The molecule has 1 nitrogen and oxygen atoms in total. The molecule has 90 valence electrons. The van der Waals surface area contributed by atoms with Gasteiger partial charge in [0.1, 0.15) is 0 Å². The maximum atomic E-state index is 9.48. The lowest BCUT2D eigenvalue weighted by Gasteiger charge is -2.13. The fourth-order valence-corrected chi connectivity index (χ4v) is 3.39. The summed E-state index contributed by atoms with van der Waals surface area (Å²) in [6.07, 6.45) is 0.856. The van der Waals surface area contributed by atoms with Gasteiger partial charge in [-0.2, -0.15) is 0 Å². The van der Waals surface area contributed by atoms with Gasteiger partial charge < -0.3 is 5.11 Å². The second-order valence-electron chi connectivity index (χ2n) is 3.87. The summed E-state index contributed by atoms with van der Waals surface area (Å²) in [5.74, 6) is 0.137. The summed E-state index contributed by atoms with van der Waals surface area (Å²) >= 11 is 11.0. The Morgan fingerprint density at radius 2 is 2.00 bits per heavy atom. The molecule has 1 atom stereocenters. The SMILES string of the molecule is OCC(Cc1cc(Br)cs1)c1ccc(Cl)cc1. The van der Waals surface area contributed by atoms with E-state index >= 15 is 0 Å². The molecule has 0 aliphatic rings. The summed E-state index contributed by atoms with van der Waals surface area (Å²) in [5, 5.41) is 12.3. The van der Waals surface area contributed by atoms with E-state index in [4.69, 9.17) is 11.6 Å². The van der Waals surface area contributed by atoms with Crippen LogP contribution >= 0.6 is 38.9 Å². The maximum absolute atomic E-state index is 9.48. The van der Waals surface area contributed by atoms with Crippen molar-refractivity contribution in [2.24, 2.45) is 0 Å². The van der Waals surface area contributed by atoms with Crippen molar-refractivity contribution in [3.05, 3.63) is 55.6 Å². The van der Waals surface area contributed by atoms with E-state index in [1.165, 1.54) is 4.88 Å². The summed E-state index contributed by atoms with van der Waals surface area (Å²) in [4.78, 5) is 1.27. The first-order chi connectivity index (χ1) is 8.19. The van der Waals surface area contributed by atoms with Crippen molar-refractivity contribution in [3.63, 3.8) is 0 Å². The van der Waals surface area contributed by atoms with E-state index in [0.717, 1.165) is 21.5 Å². The Balaban J connectivity index is 2.13. The average Bonchev–Trinajstić information content (AvgIpc) is 2.73. The van der Waals surface area contributed by atoms with Crippen molar-refractivity contribution >= 4 is 38.9 Å². The highest BCUT2D eigenvalue weighted by Gasteiger charge is 2.12. The van der Waals surface area contributed by atoms with Crippen LogP contribution in [0.2, 0.25) is 5.02 Å². The van der Waals surface area contributed by atoms with Crippen LogP contribution in [0.25, 0.3) is 0 Å². The highest BCUT2D eigenvalue weighted by atomic mass is 79.9. The van der Waals surface area contributed by atoms with E-state index < -0.39 is 0 Å². The van der Waals surface area contributed by atoms with E-state index in [9.17, 15) is 5.11 Å². The van der Waals surface area contributed by atoms with Gasteiger partial charge in [-0.1, -0.05) is 23.7 Å². The van der Waals surface area contributed by atoms with Gasteiger partial charge in [-0.15, -0.1) is 11.3 Å². The van der Waals surface area contributed by atoms with Crippen molar-refractivity contribution in [1.29, 1.82) is 0 Å². The Morgan fingerprint density at radius 1 is 1.29 bits per heavy atom. The summed E-state index contributed by atoms with van der Waals surface area (Å²) in [5.41, 5.74) is 1.13. The molecule has 4 heteroatoms. The standard InChI is InChI=1S/C13H12BrClOS/c14-11-6-13(17-8-11)5-10(7-16)9-1-3-12(15)4-2-9/h1-4,6,8,10,16H,5,7H2. The molecule has 0 bridgehead atoms. The van der Waals surface area contributed by atoms with Crippen LogP contribution in [-0.4, -0.2) is 11.7 Å². The second kappa shape index (κ2) is 6.01. The molecule has 1 aromatic carbocycles. The number of aliphatic hydroxyl groups is 1. The third-order valence-electron chi connectivity index (χ3n) is 2.63. The lowest BCUT2D eigenvalue weighted by Crippen LogP contribution is -2.06. The quantitative estimate of drug-likeness (QED) is 0.875. The smallest absolute Gasteiger partial charge is 0.0503 e. The van der Waals surface area contributed by atoms with Crippen LogP contribution in [0.15, 0.2) is 40.2 Å². The highest BCUT2D eigenvalue weighted by molar-refractivity contribution is 9.10. The van der Waals surface area contributed by atoms with Gasteiger partial charge in [-0.3, -0.25) is 0 Å². The molecule has 0 saturated heterocycles. The molecule has 0 fully saturated rings. The van der Waals surface area contributed by atoms with Crippen LogP contribution in [-0.2, 0) is 6.42 Å². The summed E-state index contributed by atoms with van der Waals surface area (Å²) in [6.45, 7) is 0.150. The molecule has 1 N–H and O–H groups in total. The number of halogens is 2. The Kier molecular flexibility index (Phi) is 4.62. The van der Waals surface area contributed by atoms with Crippen molar-refractivity contribution in [2.75, 3.05) is 6.61 Å². The van der Waals surface area contributed by atoms with E-state index in [-0.39, 0.29) is 12.5 Å². The zero-order valence-electron chi connectivity index (χ0n) is 9.07. The first-order valence-corrected chi connectivity index (χ1v) is 7.33. The Morgan fingerprint density at radius 3 is 2.53 bits per heavy atom. The van der Waals surface area contributed by atoms with Gasteiger partial charge in [0.2, 0.25) is 0 Å². The first-order valence-electron chi connectivity index (χ1n) is 5.28. The number of aliphatic hydroxyl groups excluding tert-OH is 1. The van der Waals surface area contributed by atoms with Gasteiger partial charge in [0, 0.05) is 25.7 Å². The van der Waals surface area contributed by atoms with E-state index in [0.29, 0.717) is 0 Å². The van der Waals surface area contributed by atoms with Crippen LogP contribution in [0, 0.1) is 0 Å². The minimum atomic E-state index is 0.137. The number of rotatable bonds is 4. The van der Waals surface area contributed by atoms with E-state index in [2.05, 4.69) is 27.4 Å². The predicted molar refractivity (Wildman–Crippen MR) is 77.0 cm³/mol. The number of hydrogen-bond acceptors (Lipinski definition) is 2. The third kappa shape index (κ3) is 3.55. The zero-order valence-corrected chi connectivity index (χ0v) is 12.2. The molecular weight excluding hydrogens is 320 g/mol. The fraction of sp³-hybridized carbons (Fsp3) is 0.231. The van der Waals surface area contributed by atoms with Gasteiger partial charge >= 0.3 is 0 Å². The van der Waals surface area contributed by atoms with Gasteiger partial charge in [-0.05, 0) is 46.1 Å². The molecule has 17 heavy (non-hydrogen) atoms. The van der Waals surface area contributed by atoms with Crippen molar-refractivity contribution < 1.29 is 5.11 Å². The van der Waals surface area contributed by atoms with Gasteiger partial charge in [0.25, 0.3) is 0 Å². The fourth-order valence-electron chi connectivity index (χ4n) is 1.73. The highest BCUT2D eigenvalue weighted by Crippen LogP contribution is 2.27. The normalized spacial score (nSPS) is 12.6. The van der Waals surface area contributed by atoms with Crippen molar-refractivity contribution in [1.82, 2.24) is 0 Å². The lowest BCUT2D eigenvalue weighted by atomic mass is 9.96. The van der Waals surface area contributed by atoms with Gasteiger partial charge in [0.15, 0.2) is 0 Å². The van der Waals surface area contributed by atoms with E-state index in [1.807, 2.05) is 24.3 Å². The van der Waals surface area contributed by atoms with Crippen molar-refractivity contribution in [3.8, 4) is 0 Å². The van der Waals surface area contributed by atoms with Crippen LogP contribution in [0.5, 0.6) is 0 Å². The summed E-state index contributed by atoms with van der Waals surface area (Å²) < 4.78 is 1.10. The minimum absolute atomic E-state index is 0.137. The monoisotopic (exact) mass is 330 g/mol. The average molecular weight is 332 g/mol. The molecule has 0 amide bonds. The molecule has 0 spiro atoms. The molecule has 0 aliphatic carbocycles. The number of thiophene rings is 1. The Hall–Kier alpha value is -0.350. The van der Waals surface area contributed by atoms with Crippen LogP contribution in [0.1, 0.15) is 16.4 Å². The molecular formula is C13H12BrClOS. The van der Waals surface area contributed by atoms with Gasteiger partial charge in [-0.25, -0.2) is 0 Å². The summed E-state index contributed by atoms with van der Waals surface area (Å²) in [6, 6.07) is 9.79. The number of hydrogen-bond donors (Lipinski definition) is 1. The minimum Gasteiger partial charge on any atom is -0.396 e. The van der Waals surface area contributed by atoms with Gasteiger partial charge in [0.05, 0.1) is 6.61 Å². The molecule has 1 unspecified atom stereocenters. The Bertz CT molecular complexity index is 480. The predicted octanol–water partition coefficient (Wildman–Crippen LogP) is 4.48. The van der Waals surface area contributed by atoms with Crippen LogP contribution in [0.3, 0.4) is 0 Å². The largest absolute Gasteiger partial charge is 0.396 e. The number of benzene rings is 1. The molecule has 0 saturated carbocycles. The molecule has 0 aliphatic heterocycles. The first kappa shape index (κ1) is 13.1. The molecule has 1 aromatic heterocycles. The third-order valence-corrected chi connectivity index (χ3v) is 4.60. The maximum Gasteiger partial charge on any atom is 0.0503 e. The van der Waals surface area contributed by atoms with Crippen LogP contribution in [0.4, 0.5) is 0 Å². The zero-order chi connectivity index (χ0) is 12.3. The topological polar surface area (TPSA) is 20.2 Å². The molecule has 2 aromatic rings. The Labute approximate surface area is 118 Å². The van der Waals surface area contributed by atoms with Crippen LogP contribution < -0.4 is 0 Å². The van der Waals surface area contributed by atoms with Crippen molar-refractivity contribution in [2.45, 2.75) is 12.3 Å². The molecule has 0 radical (unpaired) electrons. The molecule has 1 heterocycles.